The van der Waals surface area contributed by atoms with E-state index in [1.54, 1.807) is 32.9 Å². The highest BCUT2D eigenvalue weighted by molar-refractivity contribution is 6.20. The lowest BCUT2D eigenvalue weighted by Gasteiger charge is -2.40. The largest absolute Gasteiger partial charge is 0.444 e. The van der Waals surface area contributed by atoms with E-state index in [1.165, 1.54) is 17.0 Å². The Morgan fingerprint density at radius 3 is 2.26 bits per heavy atom. The number of ether oxygens (including phenoxy) is 1. The van der Waals surface area contributed by atoms with Gasteiger partial charge in [-0.25, -0.2) is 9.59 Å². The Morgan fingerprint density at radius 2 is 1.68 bits per heavy atom. The van der Waals surface area contributed by atoms with Crippen molar-refractivity contribution < 1.29 is 28.8 Å². The highest BCUT2D eigenvalue weighted by Crippen LogP contribution is 2.44. The summed E-state index contributed by atoms with van der Waals surface area (Å²) in [5.41, 5.74) is -1.24. The van der Waals surface area contributed by atoms with Gasteiger partial charge in [0.1, 0.15) is 5.60 Å². The molecule has 3 amide bonds. The molecule has 9 nitrogen and oxygen atoms in total. The Morgan fingerprint density at radius 1 is 1.06 bits per heavy atom. The average molecular weight is 429 g/mol. The molecule has 0 bridgehead atoms. The van der Waals surface area contributed by atoms with Gasteiger partial charge in [0.25, 0.3) is 11.8 Å². The van der Waals surface area contributed by atoms with E-state index >= 15 is 0 Å². The molecule has 0 aromatic heterocycles. The molecule has 0 N–H and O–H groups in total. The number of likely N-dealkylation sites (tertiary alicyclic amines) is 2. The standard InChI is InChI=1S/C22H27N3O6/c1-21(2,3)30-20(29)24-12-14-11-23(4)10-9-22(14,13-24)19(28)31-25-17(26)15-7-5-6-8-16(15)18(25)27/h5-8,14H,9-13H2,1-4H3/t14-,22-/m1/s1. The van der Waals surface area contributed by atoms with Crippen LogP contribution in [-0.2, 0) is 14.4 Å². The van der Waals surface area contributed by atoms with Gasteiger partial charge in [-0.15, -0.1) is 0 Å². The number of imide groups is 1. The highest BCUT2D eigenvalue weighted by Gasteiger charge is 2.58. The Labute approximate surface area is 180 Å². The number of rotatable bonds is 2. The number of carbonyl (C=O) groups excluding carboxylic acids is 4. The minimum atomic E-state index is -1.00. The van der Waals surface area contributed by atoms with Crippen LogP contribution in [0, 0.1) is 11.3 Å². The number of piperidine rings is 1. The summed E-state index contributed by atoms with van der Waals surface area (Å²) in [5.74, 6) is -2.17. The molecule has 31 heavy (non-hydrogen) atoms. The van der Waals surface area contributed by atoms with Crippen LogP contribution >= 0.6 is 0 Å². The third kappa shape index (κ3) is 3.67. The molecule has 2 fully saturated rings. The summed E-state index contributed by atoms with van der Waals surface area (Å²) in [6, 6.07) is 6.35. The maximum absolute atomic E-state index is 13.4. The zero-order valence-electron chi connectivity index (χ0n) is 18.2. The third-order valence-corrected chi connectivity index (χ3v) is 6.16. The van der Waals surface area contributed by atoms with E-state index in [0.29, 0.717) is 31.1 Å². The summed E-state index contributed by atoms with van der Waals surface area (Å²) in [5, 5.41) is 0.549. The van der Waals surface area contributed by atoms with Crippen molar-refractivity contribution in [3.8, 4) is 0 Å². The maximum atomic E-state index is 13.4. The van der Waals surface area contributed by atoms with Gasteiger partial charge in [-0.2, -0.15) is 0 Å². The fraction of sp³-hybridized carbons (Fsp3) is 0.545. The number of carbonyl (C=O) groups is 4. The SMILES string of the molecule is CN1CC[C@@]2(C(=O)ON3C(=O)c4ccccc4C3=O)CN(C(=O)OC(C)(C)C)C[C@H]2C1. The summed E-state index contributed by atoms with van der Waals surface area (Å²) in [6.07, 6.45) is -0.0346. The van der Waals surface area contributed by atoms with Crippen LogP contribution < -0.4 is 0 Å². The van der Waals surface area contributed by atoms with E-state index in [1.807, 2.05) is 7.05 Å². The molecule has 2 atom stereocenters. The van der Waals surface area contributed by atoms with Gasteiger partial charge in [-0.3, -0.25) is 9.59 Å². The van der Waals surface area contributed by atoms with E-state index in [0.717, 1.165) is 0 Å². The van der Waals surface area contributed by atoms with Crippen molar-refractivity contribution >= 4 is 23.9 Å². The molecule has 1 aromatic carbocycles. The molecule has 166 valence electrons. The molecule has 3 heterocycles. The van der Waals surface area contributed by atoms with Crippen LogP contribution in [0.5, 0.6) is 0 Å². The highest BCUT2D eigenvalue weighted by atomic mass is 16.7. The minimum Gasteiger partial charge on any atom is -0.444 e. The Kier molecular flexibility index (Phi) is 5.04. The van der Waals surface area contributed by atoms with Crippen LogP contribution in [0.15, 0.2) is 24.3 Å². The average Bonchev–Trinajstić information content (AvgIpc) is 3.19. The van der Waals surface area contributed by atoms with Crippen molar-refractivity contribution in [2.24, 2.45) is 11.3 Å². The van der Waals surface area contributed by atoms with Gasteiger partial charge >= 0.3 is 12.1 Å². The van der Waals surface area contributed by atoms with Crippen LogP contribution in [0.1, 0.15) is 47.9 Å². The first kappa shape index (κ1) is 21.3. The van der Waals surface area contributed by atoms with Crippen molar-refractivity contribution in [1.82, 2.24) is 14.9 Å². The predicted octanol–water partition coefficient (Wildman–Crippen LogP) is 1.93. The van der Waals surface area contributed by atoms with Gasteiger partial charge in [0.2, 0.25) is 0 Å². The van der Waals surface area contributed by atoms with Crippen molar-refractivity contribution in [2.45, 2.75) is 32.8 Å². The molecule has 0 radical (unpaired) electrons. The van der Waals surface area contributed by atoms with Gasteiger partial charge in [0.05, 0.1) is 16.5 Å². The second kappa shape index (κ2) is 7.33. The summed E-state index contributed by atoms with van der Waals surface area (Å²) in [4.78, 5) is 60.4. The van der Waals surface area contributed by atoms with Crippen molar-refractivity contribution in [1.29, 1.82) is 0 Å². The maximum Gasteiger partial charge on any atom is 0.410 e. The number of nitrogens with zero attached hydrogens (tertiary/aromatic N) is 3. The number of hydrogen-bond acceptors (Lipinski definition) is 7. The summed E-state index contributed by atoms with van der Waals surface area (Å²) >= 11 is 0. The van der Waals surface area contributed by atoms with Gasteiger partial charge in [0, 0.05) is 25.6 Å². The predicted molar refractivity (Wildman–Crippen MR) is 109 cm³/mol. The van der Waals surface area contributed by atoms with Crippen LogP contribution in [0.25, 0.3) is 0 Å². The molecule has 4 rings (SSSR count). The molecule has 0 aliphatic carbocycles. The molecule has 0 unspecified atom stereocenters. The molecule has 1 aromatic rings. The Balaban J connectivity index is 1.56. The summed E-state index contributed by atoms with van der Waals surface area (Å²) in [6.45, 7) is 7.06. The number of hydrogen-bond donors (Lipinski definition) is 0. The van der Waals surface area contributed by atoms with Crippen LogP contribution in [-0.4, -0.2) is 77.6 Å². The van der Waals surface area contributed by atoms with Crippen molar-refractivity contribution in [2.75, 3.05) is 33.2 Å². The lowest BCUT2D eigenvalue weighted by Crippen LogP contribution is -2.52. The molecule has 9 heteroatoms. The number of fused-ring (bicyclic) bond motifs is 2. The van der Waals surface area contributed by atoms with Crippen LogP contribution in [0.3, 0.4) is 0 Å². The monoisotopic (exact) mass is 429 g/mol. The van der Waals surface area contributed by atoms with Gasteiger partial charge in [0.15, 0.2) is 0 Å². The van der Waals surface area contributed by atoms with Crippen LogP contribution in [0.4, 0.5) is 4.79 Å². The zero-order valence-corrected chi connectivity index (χ0v) is 18.2. The normalized spacial score (nSPS) is 26.0. The van der Waals surface area contributed by atoms with Crippen LogP contribution in [0.2, 0.25) is 0 Å². The lowest BCUT2D eigenvalue weighted by molar-refractivity contribution is -0.185. The first-order valence-corrected chi connectivity index (χ1v) is 10.4. The topological polar surface area (TPSA) is 96.5 Å². The van der Waals surface area contributed by atoms with E-state index in [9.17, 15) is 19.2 Å². The fourth-order valence-corrected chi connectivity index (χ4v) is 4.57. The van der Waals surface area contributed by atoms with E-state index in [-0.39, 0.29) is 23.6 Å². The Hall–Kier alpha value is -2.94. The number of hydroxylamine groups is 2. The molecular formula is C22H27N3O6. The smallest absolute Gasteiger partial charge is 0.410 e. The molecular weight excluding hydrogens is 402 g/mol. The minimum absolute atomic E-state index is 0.127. The molecule has 3 aliphatic heterocycles. The third-order valence-electron chi connectivity index (χ3n) is 6.16. The van der Waals surface area contributed by atoms with Gasteiger partial charge in [-0.05, 0) is 52.9 Å². The fourth-order valence-electron chi connectivity index (χ4n) is 4.57. The van der Waals surface area contributed by atoms with Crippen molar-refractivity contribution in [3.05, 3.63) is 35.4 Å². The zero-order chi connectivity index (χ0) is 22.6. The lowest BCUT2D eigenvalue weighted by atomic mass is 9.72. The second-order valence-electron chi connectivity index (χ2n) is 9.56. The number of amides is 3. The first-order chi connectivity index (χ1) is 14.5. The quantitative estimate of drug-likeness (QED) is 0.663. The van der Waals surface area contributed by atoms with Gasteiger partial charge in [-0.1, -0.05) is 17.2 Å². The van der Waals surface area contributed by atoms with Crippen molar-refractivity contribution in [3.63, 3.8) is 0 Å². The molecule has 0 spiro atoms. The molecule has 2 saturated heterocycles. The molecule has 0 saturated carbocycles. The Bertz CT molecular complexity index is 920. The second-order valence-corrected chi connectivity index (χ2v) is 9.56. The number of benzene rings is 1. The van der Waals surface area contributed by atoms with E-state index < -0.39 is 34.9 Å². The first-order valence-electron chi connectivity index (χ1n) is 10.4. The van der Waals surface area contributed by atoms with Gasteiger partial charge < -0.3 is 19.4 Å². The van der Waals surface area contributed by atoms with E-state index in [2.05, 4.69) is 4.90 Å². The summed E-state index contributed by atoms with van der Waals surface area (Å²) < 4.78 is 5.49. The van der Waals surface area contributed by atoms with E-state index in [4.69, 9.17) is 9.57 Å². The molecule has 3 aliphatic rings. The summed E-state index contributed by atoms with van der Waals surface area (Å²) in [7, 11) is 1.95.